The van der Waals surface area contributed by atoms with Gasteiger partial charge < -0.3 is 25.2 Å². The van der Waals surface area contributed by atoms with Crippen LogP contribution >= 0.6 is 15.9 Å². The minimum atomic E-state index is -0.0991. The van der Waals surface area contributed by atoms with Crippen molar-refractivity contribution in [3.63, 3.8) is 0 Å². The average molecular weight is 633 g/mol. The van der Waals surface area contributed by atoms with Crippen LogP contribution in [0.25, 0.3) is 5.69 Å². The minimum Gasteiger partial charge on any atom is -0.495 e. The van der Waals surface area contributed by atoms with Gasteiger partial charge in [0.15, 0.2) is 11.6 Å². The normalized spacial score (nSPS) is 17.0. The van der Waals surface area contributed by atoms with E-state index in [-0.39, 0.29) is 18.0 Å². The number of likely N-dealkylation sites (tertiary alicyclic amines) is 1. The van der Waals surface area contributed by atoms with Crippen LogP contribution < -0.4 is 20.3 Å². The van der Waals surface area contributed by atoms with Crippen molar-refractivity contribution in [3.8, 4) is 11.4 Å². The minimum absolute atomic E-state index is 0.0152. The second-order valence-electron chi connectivity index (χ2n) is 10.7. The van der Waals surface area contributed by atoms with E-state index in [0.717, 1.165) is 59.7 Å². The van der Waals surface area contributed by atoms with Gasteiger partial charge in [0.2, 0.25) is 5.95 Å². The van der Waals surface area contributed by atoms with Crippen molar-refractivity contribution >= 4 is 39.3 Å². The number of anilines is 3. The third-order valence-electron chi connectivity index (χ3n) is 7.92. The number of methoxy groups -OCH3 is 1. The molecular weight excluding hydrogens is 598 g/mol. The quantitative estimate of drug-likeness (QED) is 0.281. The number of halogens is 1. The highest BCUT2D eigenvalue weighted by Gasteiger charge is 2.34. The molecule has 4 aromatic rings. The fraction of sp³-hybridized carbons (Fsp3) is 0.367. The lowest BCUT2D eigenvalue weighted by Crippen LogP contribution is -2.43. The highest BCUT2D eigenvalue weighted by molar-refractivity contribution is 9.10. The standard InChI is InChI=1S/C30H34BrN9O2/c1-4-24-28-37-33-18-40(28)25-16-32-30(36-27(25)39(24)17-19-6-5-7-21(31)14-19)35-23-9-8-20(15-26(23)42-3)29(41)34-22-10-12-38(2)13-11-22/h5-9,14-16,18,22,24H,4,10-13,17H2,1-3H3,(H,34,41)(H,32,35,36). The van der Waals surface area contributed by atoms with Crippen molar-refractivity contribution in [1.82, 2.24) is 34.9 Å². The van der Waals surface area contributed by atoms with E-state index in [0.29, 0.717) is 29.5 Å². The van der Waals surface area contributed by atoms with Gasteiger partial charge in [-0.05, 0) is 75.3 Å². The van der Waals surface area contributed by atoms with Crippen molar-refractivity contribution < 1.29 is 9.53 Å². The van der Waals surface area contributed by atoms with Gasteiger partial charge in [0, 0.05) is 22.6 Å². The first-order valence-corrected chi connectivity index (χ1v) is 15.0. The molecule has 0 aliphatic carbocycles. The molecule has 6 rings (SSSR count). The number of aromatic nitrogens is 5. The highest BCUT2D eigenvalue weighted by Crippen LogP contribution is 2.40. The summed E-state index contributed by atoms with van der Waals surface area (Å²) in [7, 11) is 3.70. The predicted octanol–water partition coefficient (Wildman–Crippen LogP) is 4.87. The van der Waals surface area contributed by atoms with Crippen LogP contribution in [0.4, 0.5) is 17.5 Å². The molecule has 2 aromatic carbocycles. The van der Waals surface area contributed by atoms with E-state index in [1.807, 2.05) is 22.8 Å². The molecule has 2 N–H and O–H groups in total. The zero-order chi connectivity index (χ0) is 29.2. The van der Waals surface area contributed by atoms with Gasteiger partial charge in [0.05, 0.1) is 25.0 Å². The first-order valence-electron chi connectivity index (χ1n) is 14.2. The van der Waals surface area contributed by atoms with Gasteiger partial charge in [0.25, 0.3) is 5.91 Å². The Morgan fingerprint density at radius 1 is 1.17 bits per heavy atom. The fourth-order valence-corrected chi connectivity index (χ4v) is 6.10. The number of hydrogen-bond donors (Lipinski definition) is 2. The summed E-state index contributed by atoms with van der Waals surface area (Å²) in [6, 6.07) is 13.8. The molecular formula is C30H34BrN9O2. The maximum Gasteiger partial charge on any atom is 0.251 e. The van der Waals surface area contributed by atoms with Crippen molar-refractivity contribution in [2.75, 3.05) is 37.5 Å². The molecule has 42 heavy (non-hydrogen) atoms. The number of hydrogen-bond acceptors (Lipinski definition) is 9. The molecule has 11 nitrogen and oxygen atoms in total. The summed E-state index contributed by atoms with van der Waals surface area (Å²) >= 11 is 3.59. The number of rotatable bonds is 8. The molecule has 2 aliphatic heterocycles. The SMILES string of the molecule is CCC1c2nncn2-c2cnc(Nc3ccc(C(=O)NC4CCN(C)CC4)cc3OC)nc2N1Cc1cccc(Br)c1. The molecule has 1 atom stereocenters. The topological polar surface area (TPSA) is 113 Å². The van der Waals surface area contributed by atoms with E-state index in [2.05, 4.69) is 77.6 Å². The molecule has 1 fully saturated rings. The molecule has 1 unspecified atom stereocenters. The van der Waals surface area contributed by atoms with Crippen LogP contribution in [0.3, 0.4) is 0 Å². The van der Waals surface area contributed by atoms with E-state index < -0.39 is 0 Å². The summed E-state index contributed by atoms with van der Waals surface area (Å²) in [6.45, 7) is 4.74. The fourth-order valence-electron chi connectivity index (χ4n) is 5.65. The zero-order valence-electron chi connectivity index (χ0n) is 23.9. The monoisotopic (exact) mass is 631 g/mol. The molecule has 2 aliphatic rings. The van der Waals surface area contributed by atoms with Crippen molar-refractivity contribution in [3.05, 3.63) is 76.4 Å². The van der Waals surface area contributed by atoms with Gasteiger partial charge >= 0.3 is 0 Å². The van der Waals surface area contributed by atoms with Gasteiger partial charge in [-0.1, -0.05) is 35.0 Å². The molecule has 0 bridgehead atoms. The second-order valence-corrected chi connectivity index (χ2v) is 11.7. The molecule has 4 heterocycles. The van der Waals surface area contributed by atoms with Crippen LogP contribution in [0.1, 0.15) is 54.0 Å². The van der Waals surface area contributed by atoms with Gasteiger partial charge in [-0.15, -0.1) is 10.2 Å². The molecule has 2 aromatic heterocycles. The van der Waals surface area contributed by atoms with Crippen LogP contribution in [0.2, 0.25) is 0 Å². The molecule has 0 saturated carbocycles. The Bertz CT molecular complexity index is 1580. The number of carbonyl (C=O) groups is 1. The number of amides is 1. The third kappa shape index (κ3) is 5.68. The summed E-state index contributed by atoms with van der Waals surface area (Å²) in [5.41, 5.74) is 3.17. The maximum atomic E-state index is 13.0. The summed E-state index contributed by atoms with van der Waals surface area (Å²) in [6.07, 6.45) is 6.22. The first-order chi connectivity index (χ1) is 20.4. The molecule has 1 amide bonds. The number of ether oxygens (including phenoxy) is 1. The Labute approximate surface area is 253 Å². The van der Waals surface area contributed by atoms with Crippen LogP contribution in [-0.4, -0.2) is 68.8 Å². The Kier molecular flexibility index (Phi) is 8.07. The van der Waals surface area contributed by atoms with E-state index in [9.17, 15) is 4.79 Å². The third-order valence-corrected chi connectivity index (χ3v) is 8.42. The zero-order valence-corrected chi connectivity index (χ0v) is 25.5. The molecule has 0 radical (unpaired) electrons. The summed E-state index contributed by atoms with van der Waals surface area (Å²) in [5, 5.41) is 15.1. The van der Waals surface area contributed by atoms with Crippen molar-refractivity contribution in [2.45, 2.75) is 44.8 Å². The Hall–Kier alpha value is -4.03. The van der Waals surface area contributed by atoms with Crippen LogP contribution in [0, 0.1) is 0 Å². The Balaban J connectivity index is 1.27. The van der Waals surface area contributed by atoms with Crippen LogP contribution in [0.15, 0.2) is 59.5 Å². The number of nitrogens with one attached hydrogen (secondary N) is 2. The highest BCUT2D eigenvalue weighted by atomic mass is 79.9. The second kappa shape index (κ2) is 12.1. The maximum absolute atomic E-state index is 13.0. The van der Waals surface area contributed by atoms with E-state index in [1.54, 1.807) is 31.8 Å². The smallest absolute Gasteiger partial charge is 0.251 e. The molecule has 1 saturated heterocycles. The summed E-state index contributed by atoms with van der Waals surface area (Å²) in [4.78, 5) is 27.1. The van der Waals surface area contributed by atoms with E-state index >= 15 is 0 Å². The molecule has 218 valence electrons. The lowest BCUT2D eigenvalue weighted by atomic mass is 10.0. The van der Waals surface area contributed by atoms with Crippen molar-refractivity contribution in [1.29, 1.82) is 0 Å². The van der Waals surface area contributed by atoms with Crippen LogP contribution in [0.5, 0.6) is 5.75 Å². The van der Waals surface area contributed by atoms with Gasteiger partial charge in [0.1, 0.15) is 17.8 Å². The number of carbonyl (C=O) groups excluding carboxylic acids is 1. The van der Waals surface area contributed by atoms with E-state index in [4.69, 9.17) is 9.72 Å². The van der Waals surface area contributed by atoms with E-state index in [1.165, 1.54) is 0 Å². The van der Waals surface area contributed by atoms with Gasteiger partial charge in [-0.2, -0.15) is 4.98 Å². The number of nitrogens with zero attached hydrogens (tertiary/aromatic N) is 7. The predicted molar refractivity (Wildman–Crippen MR) is 165 cm³/mol. The number of benzene rings is 2. The molecule has 12 heteroatoms. The first kappa shape index (κ1) is 28.1. The number of fused-ring (bicyclic) bond motifs is 3. The van der Waals surface area contributed by atoms with Gasteiger partial charge in [-0.3, -0.25) is 9.36 Å². The summed E-state index contributed by atoms with van der Waals surface area (Å²) in [5.74, 6) is 2.49. The Morgan fingerprint density at radius 3 is 2.76 bits per heavy atom. The van der Waals surface area contributed by atoms with Gasteiger partial charge in [-0.25, -0.2) is 4.98 Å². The largest absolute Gasteiger partial charge is 0.495 e. The van der Waals surface area contributed by atoms with Crippen molar-refractivity contribution in [2.24, 2.45) is 0 Å². The number of piperidine rings is 1. The van der Waals surface area contributed by atoms with Crippen LogP contribution in [-0.2, 0) is 6.54 Å². The molecule has 0 spiro atoms. The lowest BCUT2D eigenvalue weighted by Gasteiger charge is -2.37. The summed E-state index contributed by atoms with van der Waals surface area (Å²) < 4.78 is 8.65. The average Bonchev–Trinajstić information content (AvgIpc) is 3.48. The Morgan fingerprint density at radius 2 is 2.00 bits per heavy atom. The lowest BCUT2D eigenvalue weighted by molar-refractivity contribution is 0.0916.